The van der Waals surface area contributed by atoms with Gasteiger partial charge in [0.05, 0.1) is 12.6 Å². The van der Waals surface area contributed by atoms with Crippen LogP contribution >= 0.6 is 11.6 Å². The molecule has 24 heavy (non-hydrogen) atoms. The van der Waals surface area contributed by atoms with Gasteiger partial charge in [-0.3, -0.25) is 0 Å². The van der Waals surface area contributed by atoms with Crippen molar-refractivity contribution in [3.63, 3.8) is 0 Å². The van der Waals surface area contributed by atoms with E-state index < -0.39 is 6.36 Å². The van der Waals surface area contributed by atoms with Crippen LogP contribution in [0.1, 0.15) is 25.5 Å². The van der Waals surface area contributed by atoms with Crippen molar-refractivity contribution in [2.75, 3.05) is 6.61 Å². The molecule has 0 heterocycles. The lowest BCUT2D eigenvalue weighted by Gasteiger charge is -2.07. The molecule has 1 unspecified atom stereocenters. The number of aliphatic hydroxyl groups excluding tert-OH is 1. The fourth-order valence-corrected chi connectivity index (χ4v) is 1.56. The number of rotatable bonds is 3. The molecule has 7 heteroatoms. The molecule has 2 rings (SSSR count). The van der Waals surface area contributed by atoms with Crippen molar-refractivity contribution in [3.05, 3.63) is 65.2 Å². The maximum atomic E-state index is 11.5. The number of nitrogens with two attached hydrogens (primary N) is 1. The highest BCUT2D eigenvalue weighted by Crippen LogP contribution is 2.21. The van der Waals surface area contributed by atoms with Crippen LogP contribution in [0.2, 0.25) is 5.02 Å². The monoisotopic (exact) mass is 363 g/mol. The van der Waals surface area contributed by atoms with Crippen LogP contribution < -0.4 is 10.5 Å². The second-order valence-electron chi connectivity index (χ2n) is 4.20. The van der Waals surface area contributed by atoms with Crippen LogP contribution in [0.5, 0.6) is 5.75 Å². The Kier molecular flexibility index (Phi) is 10.9. The molecule has 134 valence electrons. The zero-order valence-corrected chi connectivity index (χ0v) is 14.2. The Labute approximate surface area is 144 Å². The van der Waals surface area contributed by atoms with Crippen LogP contribution in [0.3, 0.4) is 0 Å². The molecule has 0 aliphatic carbocycles. The zero-order valence-electron chi connectivity index (χ0n) is 13.4. The van der Waals surface area contributed by atoms with E-state index in [2.05, 4.69) is 4.74 Å². The van der Waals surface area contributed by atoms with E-state index in [4.69, 9.17) is 22.4 Å². The van der Waals surface area contributed by atoms with Gasteiger partial charge in [-0.2, -0.15) is 0 Å². The Morgan fingerprint density at radius 1 is 1.04 bits per heavy atom. The largest absolute Gasteiger partial charge is 0.573 e. The number of halogens is 4. The minimum absolute atomic E-state index is 0.0400. The summed E-state index contributed by atoms with van der Waals surface area (Å²) < 4.78 is 38.2. The van der Waals surface area contributed by atoms with Crippen LogP contribution in [0, 0.1) is 0 Å². The number of aliphatic hydroxyl groups is 1. The van der Waals surface area contributed by atoms with Gasteiger partial charge in [0, 0.05) is 5.02 Å². The van der Waals surface area contributed by atoms with E-state index in [1.54, 1.807) is 18.2 Å². The van der Waals surface area contributed by atoms with Gasteiger partial charge in [0.1, 0.15) is 5.75 Å². The lowest BCUT2D eigenvalue weighted by Crippen LogP contribution is -2.16. The molecule has 2 aromatic rings. The number of hydrogen-bond acceptors (Lipinski definition) is 3. The first kappa shape index (κ1) is 22.2. The summed E-state index contributed by atoms with van der Waals surface area (Å²) in [7, 11) is 0. The lowest BCUT2D eigenvalue weighted by molar-refractivity contribution is -0.274. The molecule has 0 radical (unpaired) electrons. The molecule has 0 aliphatic rings. The summed E-state index contributed by atoms with van der Waals surface area (Å²) in [5.74, 6) is -0.194. The topological polar surface area (TPSA) is 55.5 Å². The van der Waals surface area contributed by atoms with Crippen molar-refractivity contribution < 1.29 is 23.0 Å². The third-order valence-corrected chi connectivity index (χ3v) is 2.72. The zero-order chi connectivity index (χ0) is 18.6. The van der Waals surface area contributed by atoms with Crippen molar-refractivity contribution in [2.45, 2.75) is 26.3 Å². The standard InChI is InChI=1S/C8H10ClNO.C7H5F3O.C2H6/c9-7-3-1-6(2-4-7)8(10)5-11;8-7(9,10)11-6-4-2-1-3-5-6;1-2/h1-4,8,11H,5,10H2;1-5H;1-2H3. The van der Waals surface area contributed by atoms with E-state index in [1.807, 2.05) is 26.0 Å². The minimum Gasteiger partial charge on any atom is -0.406 e. The molecule has 0 saturated carbocycles. The fourth-order valence-electron chi connectivity index (χ4n) is 1.44. The van der Waals surface area contributed by atoms with Gasteiger partial charge in [-0.25, -0.2) is 0 Å². The van der Waals surface area contributed by atoms with Crippen molar-refractivity contribution >= 4 is 11.6 Å². The maximum absolute atomic E-state index is 11.5. The average molecular weight is 364 g/mol. The summed E-state index contributed by atoms with van der Waals surface area (Å²) in [6.45, 7) is 3.96. The summed E-state index contributed by atoms with van der Waals surface area (Å²) in [5.41, 5.74) is 6.45. The number of ether oxygens (including phenoxy) is 1. The normalized spacial score (nSPS) is 11.3. The van der Waals surface area contributed by atoms with E-state index in [1.165, 1.54) is 24.3 Å². The molecule has 0 saturated heterocycles. The highest BCUT2D eigenvalue weighted by Gasteiger charge is 2.30. The van der Waals surface area contributed by atoms with Gasteiger partial charge in [0.2, 0.25) is 0 Å². The van der Waals surface area contributed by atoms with E-state index in [9.17, 15) is 13.2 Å². The Morgan fingerprint density at radius 2 is 1.54 bits per heavy atom. The molecule has 2 aromatic carbocycles. The second kappa shape index (κ2) is 11.7. The van der Waals surface area contributed by atoms with Gasteiger partial charge < -0.3 is 15.6 Å². The first-order valence-electron chi connectivity index (χ1n) is 7.24. The maximum Gasteiger partial charge on any atom is 0.573 e. The van der Waals surface area contributed by atoms with Crippen LogP contribution in [-0.2, 0) is 0 Å². The fraction of sp³-hybridized carbons (Fsp3) is 0.294. The Hall–Kier alpha value is -1.76. The van der Waals surface area contributed by atoms with Crippen LogP contribution in [0.25, 0.3) is 0 Å². The van der Waals surface area contributed by atoms with E-state index in [0.29, 0.717) is 5.02 Å². The van der Waals surface area contributed by atoms with Crippen molar-refractivity contribution in [1.29, 1.82) is 0 Å². The van der Waals surface area contributed by atoms with Crippen LogP contribution in [-0.4, -0.2) is 18.1 Å². The highest BCUT2D eigenvalue weighted by molar-refractivity contribution is 6.30. The second-order valence-corrected chi connectivity index (χ2v) is 4.64. The Bertz CT molecular complexity index is 548. The molecule has 0 bridgehead atoms. The van der Waals surface area contributed by atoms with Gasteiger partial charge in [-0.05, 0) is 29.8 Å². The van der Waals surface area contributed by atoms with Crippen molar-refractivity contribution in [3.8, 4) is 5.75 Å². The lowest BCUT2D eigenvalue weighted by atomic mass is 10.1. The number of alkyl halides is 3. The molecule has 3 N–H and O–H groups in total. The quantitative estimate of drug-likeness (QED) is 0.811. The minimum atomic E-state index is -4.60. The summed E-state index contributed by atoms with van der Waals surface area (Å²) in [4.78, 5) is 0. The average Bonchev–Trinajstić information content (AvgIpc) is 2.57. The Morgan fingerprint density at radius 3 is 1.96 bits per heavy atom. The molecule has 0 aromatic heterocycles. The van der Waals surface area contributed by atoms with Crippen molar-refractivity contribution in [2.24, 2.45) is 5.73 Å². The van der Waals surface area contributed by atoms with Gasteiger partial charge in [-0.15, -0.1) is 13.2 Å². The third-order valence-electron chi connectivity index (χ3n) is 2.47. The van der Waals surface area contributed by atoms with Gasteiger partial charge >= 0.3 is 6.36 Å². The van der Waals surface area contributed by atoms with Crippen LogP contribution in [0.4, 0.5) is 13.2 Å². The summed E-state index contributed by atoms with van der Waals surface area (Å²) in [6.07, 6.45) is -4.60. The van der Waals surface area contributed by atoms with Gasteiger partial charge in [0.25, 0.3) is 0 Å². The number of hydrogen-bond donors (Lipinski definition) is 2. The molecule has 0 amide bonds. The highest BCUT2D eigenvalue weighted by atomic mass is 35.5. The van der Waals surface area contributed by atoms with E-state index in [-0.39, 0.29) is 18.4 Å². The summed E-state index contributed by atoms with van der Waals surface area (Å²) in [5, 5.41) is 9.38. The van der Waals surface area contributed by atoms with E-state index >= 15 is 0 Å². The predicted octanol–water partition coefficient (Wildman–Crippen LogP) is 4.94. The van der Waals surface area contributed by atoms with Crippen molar-refractivity contribution in [1.82, 2.24) is 0 Å². The smallest absolute Gasteiger partial charge is 0.406 e. The molecule has 0 fully saturated rings. The van der Waals surface area contributed by atoms with Gasteiger partial charge in [0.15, 0.2) is 0 Å². The summed E-state index contributed by atoms with van der Waals surface area (Å²) in [6, 6.07) is 13.9. The number of benzene rings is 2. The first-order valence-corrected chi connectivity index (χ1v) is 7.62. The molecular weight excluding hydrogens is 343 g/mol. The third kappa shape index (κ3) is 10.1. The number of para-hydroxylation sites is 1. The van der Waals surface area contributed by atoms with Crippen LogP contribution in [0.15, 0.2) is 54.6 Å². The molecule has 0 aliphatic heterocycles. The molecule has 1 atom stereocenters. The SMILES string of the molecule is CC.FC(F)(F)Oc1ccccc1.NC(CO)c1ccc(Cl)cc1. The summed E-state index contributed by atoms with van der Waals surface area (Å²) >= 11 is 5.66. The molecule has 0 spiro atoms. The van der Waals surface area contributed by atoms with Gasteiger partial charge in [-0.1, -0.05) is 55.8 Å². The molecule has 3 nitrogen and oxygen atoms in total. The first-order chi connectivity index (χ1) is 11.3. The van der Waals surface area contributed by atoms with E-state index in [0.717, 1.165) is 5.56 Å². The Balaban J connectivity index is 0.000000400. The predicted molar refractivity (Wildman–Crippen MR) is 89.9 cm³/mol. The molecular formula is C17H21ClF3NO2.